The molecule has 2 heterocycles. The third-order valence-electron chi connectivity index (χ3n) is 11.7. The van der Waals surface area contributed by atoms with Crippen molar-refractivity contribution in [3.63, 3.8) is 0 Å². The van der Waals surface area contributed by atoms with Crippen LogP contribution in [0.15, 0.2) is 130 Å². The van der Waals surface area contributed by atoms with Gasteiger partial charge < -0.3 is 45.9 Å². The van der Waals surface area contributed by atoms with Crippen molar-refractivity contribution >= 4 is 62.4 Å². The first-order chi connectivity index (χ1) is 32.5. The van der Waals surface area contributed by atoms with Crippen molar-refractivity contribution in [1.82, 2.24) is 15.3 Å². The molecule has 7 rings (SSSR count). The van der Waals surface area contributed by atoms with Crippen LogP contribution in [0, 0.1) is 6.92 Å². The number of amides is 2. The van der Waals surface area contributed by atoms with Crippen LogP contribution in [0.1, 0.15) is 82.0 Å². The second-order valence-electron chi connectivity index (χ2n) is 16.6. The van der Waals surface area contributed by atoms with Gasteiger partial charge in [0.15, 0.2) is 0 Å². The Kier molecular flexibility index (Phi) is 16.7. The first kappa shape index (κ1) is 48.2. The van der Waals surface area contributed by atoms with Gasteiger partial charge in [-0.2, -0.15) is 0 Å². The lowest BCUT2D eigenvalue weighted by Crippen LogP contribution is -2.26. The molecule has 0 aliphatic carbocycles. The summed E-state index contributed by atoms with van der Waals surface area (Å²) in [6, 6.07) is 33.4. The maximum atomic E-state index is 13.8. The SMILES string of the molecule is COc1cccc(Nc2c(C(N)=O)cnc3c(C)cc(Sc4cccc(C(=O)N(C)c5ccc(CCCCOCCCCCCNC[C@H](O)c6ccc(O)c7[nH]c(=O)ccc67)cc5)c4)cc23)c1. The summed E-state index contributed by atoms with van der Waals surface area (Å²) in [4.78, 5) is 48.7. The molecule has 7 N–H and O–H groups in total. The predicted molar refractivity (Wildman–Crippen MR) is 267 cm³/mol. The minimum Gasteiger partial charge on any atom is -0.506 e. The number of aryl methyl sites for hydroxylation is 2. The molecule has 1 atom stereocenters. The van der Waals surface area contributed by atoms with Gasteiger partial charge in [0.1, 0.15) is 11.5 Å². The number of pyridine rings is 2. The molecular weight excluding hydrogens is 865 g/mol. The molecule has 2 amide bonds. The Morgan fingerprint density at radius 3 is 2.43 bits per heavy atom. The number of hydrogen-bond acceptors (Lipinski definition) is 11. The fraction of sp³-hybridized carbons (Fsp3) is 0.283. The number of nitrogens with zero attached hydrogens (tertiary/aromatic N) is 2. The highest BCUT2D eigenvalue weighted by atomic mass is 32.2. The summed E-state index contributed by atoms with van der Waals surface area (Å²) in [5, 5.41) is 28.9. The average molecular weight is 923 g/mol. The fourth-order valence-corrected chi connectivity index (χ4v) is 9.06. The van der Waals surface area contributed by atoms with E-state index in [1.54, 1.807) is 31.2 Å². The molecule has 0 radical (unpaired) electrons. The third kappa shape index (κ3) is 12.6. The van der Waals surface area contributed by atoms with E-state index in [0.29, 0.717) is 40.0 Å². The molecule has 0 aliphatic heterocycles. The van der Waals surface area contributed by atoms with Crippen molar-refractivity contribution in [3.05, 3.63) is 154 Å². The van der Waals surface area contributed by atoms with Crippen LogP contribution in [-0.2, 0) is 11.2 Å². The Bertz CT molecular complexity index is 2890. The van der Waals surface area contributed by atoms with Gasteiger partial charge in [-0.25, -0.2) is 0 Å². The van der Waals surface area contributed by atoms with Gasteiger partial charge in [-0.1, -0.05) is 54.9 Å². The van der Waals surface area contributed by atoms with Crippen LogP contribution in [0.25, 0.3) is 21.8 Å². The number of aromatic nitrogens is 2. The van der Waals surface area contributed by atoms with Gasteiger partial charge in [0, 0.05) is 82.6 Å². The molecule has 0 spiro atoms. The highest BCUT2D eigenvalue weighted by Gasteiger charge is 2.19. The topological polar surface area (TPSA) is 192 Å². The number of H-pyrrole nitrogens is 1. The number of aliphatic hydroxyl groups excluding tert-OH is 1. The Morgan fingerprint density at radius 1 is 0.866 bits per heavy atom. The molecule has 13 nitrogen and oxygen atoms in total. The van der Waals surface area contributed by atoms with E-state index in [9.17, 15) is 24.6 Å². The molecule has 0 unspecified atom stereocenters. The van der Waals surface area contributed by atoms with E-state index in [2.05, 4.69) is 32.7 Å². The number of aromatic amines is 1. The van der Waals surface area contributed by atoms with E-state index in [0.717, 1.165) is 102 Å². The number of phenols is 1. The summed E-state index contributed by atoms with van der Waals surface area (Å²) in [5.41, 5.74) is 12.3. The van der Waals surface area contributed by atoms with Crippen molar-refractivity contribution < 1.29 is 29.3 Å². The second-order valence-corrected chi connectivity index (χ2v) is 17.7. The molecule has 0 saturated carbocycles. The minimum absolute atomic E-state index is 0.0208. The molecular formula is C53H58N6O7S. The lowest BCUT2D eigenvalue weighted by atomic mass is 10.0. The van der Waals surface area contributed by atoms with Gasteiger partial charge in [0.2, 0.25) is 5.56 Å². The average Bonchev–Trinajstić information content (AvgIpc) is 3.33. The molecule has 67 heavy (non-hydrogen) atoms. The summed E-state index contributed by atoms with van der Waals surface area (Å²) in [6.45, 7) is 4.61. The van der Waals surface area contributed by atoms with Crippen LogP contribution in [0.2, 0.25) is 0 Å². The van der Waals surface area contributed by atoms with E-state index in [1.165, 1.54) is 35.7 Å². The maximum Gasteiger partial charge on any atom is 0.258 e. The van der Waals surface area contributed by atoms with Gasteiger partial charge in [0.25, 0.3) is 11.8 Å². The number of aliphatic hydroxyl groups is 1. The predicted octanol–water partition coefficient (Wildman–Crippen LogP) is 9.59. The molecule has 348 valence electrons. The van der Waals surface area contributed by atoms with Crippen LogP contribution in [-0.4, -0.2) is 72.5 Å². The number of nitrogens with two attached hydrogens (primary N) is 1. The zero-order valence-electron chi connectivity index (χ0n) is 38.1. The highest BCUT2D eigenvalue weighted by Crippen LogP contribution is 2.37. The number of hydrogen-bond donors (Lipinski definition) is 6. The van der Waals surface area contributed by atoms with Crippen molar-refractivity contribution in [3.8, 4) is 11.5 Å². The van der Waals surface area contributed by atoms with Crippen molar-refractivity contribution in [2.45, 2.75) is 67.8 Å². The Balaban J connectivity index is 0.818. The largest absolute Gasteiger partial charge is 0.506 e. The molecule has 0 saturated heterocycles. The van der Waals surface area contributed by atoms with E-state index in [4.69, 9.17) is 15.2 Å². The van der Waals surface area contributed by atoms with Crippen molar-refractivity contribution in [2.75, 3.05) is 50.7 Å². The number of rotatable bonds is 23. The lowest BCUT2D eigenvalue weighted by Gasteiger charge is -2.18. The van der Waals surface area contributed by atoms with Gasteiger partial charge >= 0.3 is 0 Å². The fourth-order valence-electron chi connectivity index (χ4n) is 8.04. The molecule has 2 aromatic heterocycles. The number of anilines is 3. The van der Waals surface area contributed by atoms with Crippen molar-refractivity contribution in [2.24, 2.45) is 5.73 Å². The third-order valence-corrected chi connectivity index (χ3v) is 12.6. The molecule has 5 aromatic carbocycles. The molecule has 0 aliphatic rings. The number of benzene rings is 5. The Labute approximate surface area is 394 Å². The van der Waals surface area contributed by atoms with E-state index >= 15 is 0 Å². The molecule has 0 fully saturated rings. The summed E-state index contributed by atoms with van der Waals surface area (Å²) in [5.74, 6) is -0.0575. The van der Waals surface area contributed by atoms with E-state index in [-0.39, 0.29) is 22.8 Å². The monoisotopic (exact) mass is 922 g/mol. The number of fused-ring (bicyclic) bond motifs is 2. The van der Waals surface area contributed by atoms with E-state index < -0.39 is 12.0 Å². The molecule has 7 aromatic rings. The molecule has 14 heteroatoms. The van der Waals surface area contributed by atoms with Gasteiger partial charge in [-0.3, -0.25) is 19.4 Å². The summed E-state index contributed by atoms with van der Waals surface area (Å²) in [6.07, 6.45) is 7.79. The zero-order chi connectivity index (χ0) is 47.3. The van der Waals surface area contributed by atoms with E-state index in [1.807, 2.05) is 79.7 Å². The maximum absolute atomic E-state index is 13.8. The first-order valence-corrected chi connectivity index (χ1v) is 23.4. The first-order valence-electron chi connectivity index (χ1n) is 22.6. The normalized spacial score (nSPS) is 11.8. The number of unbranched alkanes of at least 4 members (excludes halogenated alkanes) is 4. The van der Waals surface area contributed by atoms with Crippen LogP contribution in [0.5, 0.6) is 11.5 Å². The quantitative estimate of drug-likeness (QED) is 0.0335. The van der Waals surface area contributed by atoms with Crippen LogP contribution >= 0.6 is 11.8 Å². The van der Waals surface area contributed by atoms with Gasteiger partial charge in [-0.05, 0) is 129 Å². The van der Waals surface area contributed by atoms with Crippen molar-refractivity contribution in [1.29, 1.82) is 0 Å². The number of carbonyl (C=O) groups is 2. The van der Waals surface area contributed by atoms with Crippen LogP contribution in [0.3, 0.4) is 0 Å². The number of nitrogens with one attached hydrogen (secondary N) is 3. The molecule has 0 bridgehead atoms. The van der Waals surface area contributed by atoms with Crippen LogP contribution in [0.4, 0.5) is 17.1 Å². The highest BCUT2D eigenvalue weighted by molar-refractivity contribution is 7.99. The number of primary amides is 1. The zero-order valence-corrected chi connectivity index (χ0v) is 39.0. The Morgan fingerprint density at radius 2 is 1.64 bits per heavy atom. The smallest absolute Gasteiger partial charge is 0.258 e. The summed E-state index contributed by atoms with van der Waals surface area (Å²) in [7, 11) is 3.39. The second kappa shape index (κ2) is 23.1. The van der Waals surface area contributed by atoms with Gasteiger partial charge in [-0.15, -0.1) is 0 Å². The number of ether oxygens (including phenoxy) is 2. The van der Waals surface area contributed by atoms with Crippen LogP contribution < -0.4 is 31.6 Å². The summed E-state index contributed by atoms with van der Waals surface area (Å²) < 4.78 is 11.3. The number of aromatic hydroxyl groups is 1. The number of carbonyl (C=O) groups excluding carboxylic acids is 2. The lowest BCUT2D eigenvalue weighted by molar-refractivity contribution is 0.0987. The minimum atomic E-state index is -0.762. The standard InChI is InChI=1S/C53H58N6O7S/c1-34-28-41(31-44-49(34)56-32-45(52(54)63)50(44)57-37-14-11-15-39(30-37)65-3)67-40-16-10-13-36(29-40)53(64)59(2)38-19-17-35(18-20-38)12-6-9-27-66-26-8-5-4-7-25-55-33-47(61)42-21-23-46(60)51-43(42)22-24-48(62)58-51/h10-11,13-24,28-32,47,55,60-61H,4-9,12,25-27,33H2,1-3H3,(H2,54,63)(H,56,57)(H,58,62)/t47-/m0/s1. The summed E-state index contributed by atoms with van der Waals surface area (Å²) >= 11 is 1.52. The number of methoxy groups -OCH3 is 1. The number of phenolic OH excluding ortho intramolecular Hbond substituents is 1. The Hall–Kier alpha value is -6.71. The van der Waals surface area contributed by atoms with Gasteiger partial charge in [0.05, 0.1) is 35.5 Å².